The standard InChI is InChI=1S/C29H45N3O3/c1-23-10-5-6-11-27(23)28-12-7-14-29(24(28)2,34-18-8-15-31-17-13-26(33)22-31)35-19-9-16-32-20-25(21-32)30(3)4/h5-7,10-12,14,24-26,33H,8-9,13,15-22H2,1-4H3/t24?,26-,29?/m1/s1. The zero-order valence-electron chi connectivity index (χ0n) is 22.2. The van der Waals surface area contributed by atoms with E-state index in [9.17, 15) is 5.11 Å². The van der Waals surface area contributed by atoms with E-state index in [0.717, 1.165) is 58.5 Å². The van der Waals surface area contributed by atoms with Gasteiger partial charge >= 0.3 is 0 Å². The summed E-state index contributed by atoms with van der Waals surface area (Å²) >= 11 is 0. The minimum atomic E-state index is -0.752. The molecular weight excluding hydrogens is 438 g/mol. The van der Waals surface area contributed by atoms with Gasteiger partial charge in [0.05, 0.1) is 19.3 Å². The van der Waals surface area contributed by atoms with Crippen LogP contribution in [0.25, 0.3) is 5.57 Å². The van der Waals surface area contributed by atoms with Crippen molar-refractivity contribution in [1.29, 1.82) is 0 Å². The van der Waals surface area contributed by atoms with Crippen LogP contribution in [-0.4, -0.2) is 104 Å². The number of likely N-dealkylation sites (tertiary alicyclic amines) is 2. The summed E-state index contributed by atoms with van der Waals surface area (Å²) in [7, 11) is 4.32. The normalized spacial score (nSPS) is 28.0. The second-order valence-electron chi connectivity index (χ2n) is 10.8. The predicted octanol–water partition coefficient (Wildman–Crippen LogP) is 3.41. The van der Waals surface area contributed by atoms with Gasteiger partial charge in [0.15, 0.2) is 5.79 Å². The minimum Gasteiger partial charge on any atom is -0.392 e. The van der Waals surface area contributed by atoms with Crippen LogP contribution in [0.3, 0.4) is 0 Å². The molecule has 0 saturated carbocycles. The van der Waals surface area contributed by atoms with E-state index in [-0.39, 0.29) is 12.0 Å². The van der Waals surface area contributed by atoms with Crippen molar-refractivity contribution in [3.05, 3.63) is 53.6 Å². The van der Waals surface area contributed by atoms with Gasteiger partial charge < -0.3 is 29.3 Å². The molecule has 194 valence electrons. The summed E-state index contributed by atoms with van der Waals surface area (Å²) in [6.45, 7) is 11.8. The second-order valence-corrected chi connectivity index (χ2v) is 10.8. The number of rotatable bonds is 12. The van der Waals surface area contributed by atoms with E-state index >= 15 is 0 Å². The Morgan fingerprint density at radius 3 is 2.34 bits per heavy atom. The molecule has 2 unspecified atom stereocenters. The fourth-order valence-corrected chi connectivity index (χ4v) is 5.51. The highest BCUT2D eigenvalue weighted by Gasteiger charge is 2.40. The molecule has 3 aliphatic rings. The first-order valence-electron chi connectivity index (χ1n) is 13.4. The molecule has 6 nitrogen and oxygen atoms in total. The van der Waals surface area contributed by atoms with Crippen molar-refractivity contribution in [2.24, 2.45) is 5.92 Å². The Kier molecular flexibility index (Phi) is 9.19. The molecular formula is C29H45N3O3. The molecule has 2 saturated heterocycles. The maximum absolute atomic E-state index is 9.80. The molecule has 1 aromatic carbocycles. The summed E-state index contributed by atoms with van der Waals surface area (Å²) < 4.78 is 13.2. The first-order valence-corrected chi connectivity index (χ1v) is 13.4. The number of allylic oxidation sites excluding steroid dienone is 2. The van der Waals surface area contributed by atoms with Crippen molar-refractivity contribution in [3.8, 4) is 0 Å². The van der Waals surface area contributed by atoms with E-state index in [1.165, 1.54) is 16.7 Å². The molecule has 0 amide bonds. The lowest BCUT2D eigenvalue weighted by atomic mass is 9.82. The summed E-state index contributed by atoms with van der Waals surface area (Å²) in [6, 6.07) is 9.25. The van der Waals surface area contributed by atoms with Crippen LogP contribution in [0.4, 0.5) is 0 Å². The maximum Gasteiger partial charge on any atom is 0.194 e. The quantitative estimate of drug-likeness (QED) is 0.363. The smallest absolute Gasteiger partial charge is 0.194 e. The molecule has 0 bridgehead atoms. The molecule has 1 aromatic rings. The molecule has 0 spiro atoms. The molecule has 0 aromatic heterocycles. The van der Waals surface area contributed by atoms with Gasteiger partial charge in [0.2, 0.25) is 0 Å². The Balaban J connectivity index is 1.36. The Morgan fingerprint density at radius 2 is 1.71 bits per heavy atom. The lowest BCUT2D eigenvalue weighted by Crippen LogP contribution is -2.57. The van der Waals surface area contributed by atoms with Gasteiger partial charge in [-0.1, -0.05) is 43.3 Å². The van der Waals surface area contributed by atoms with E-state index in [1.54, 1.807) is 0 Å². The summed E-state index contributed by atoms with van der Waals surface area (Å²) in [6.07, 6.45) is 9.08. The van der Waals surface area contributed by atoms with Crippen molar-refractivity contribution >= 4 is 5.57 Å². The fourth-order valence-electron chi connectivity index (χ4n) is 5.51. The van der Waals surface area contributed by atoms with Crippen LogP contribution in [0.1, 0.15) is 37.3 Å². The Hall–Kier alpha value is -1.54. The van der Waals surface area contributed by atoms with Gasteiger partial charge in [-0.05, 0) is 63.1 Å². The summed E-state index contributed by atoms with van der Waals surface area (Å²) in [4.78, 5) is 7.14. The third-order valence-electron chi connectivity index (χ3n) is 7.94. The molecule has 0 radical (unpaired) electrons. The number of aryl methyl sites for hydroxylation is 1. The molecule has 2 heterocycles. The Bertz CT molecular complexity index is 880. The molecule has 6 heteroatoms. The van der Waals surface area contributed by atoms with Crippen LogP contribution >= 0.6 is 0 Å². The number of hydrogen-bond donors (Lipinski definition) is 1. The van der Waals surface area contributed by atoms with Crippen LogP contribution in [0.2, 0.25) is 0 Å². The van der Waals surface area contributed by atoms with E-state index in [0.29, 0.717) is 19.3 Å². The average molecular weight is 484 g/mol. The highest BCUT2D eigenvalue weighted by molar-refractivity contribution is 5.73. The number of aliphatic hydroxyl groups is 1. The number of β-amino-alcohol motifs (C(OH)–C–C–N with tert-alkyl or cyclic N) is 1. The first kappa shape index (κ1) is 26.5. The highest BCUT2D eigenvalue weighted by atomic mass is 16.7. The number of aliphatic hydroxyl groups excluding tert-OH is 1. The average Bonchev–Trinajstić information content (AvgIpc) is 3.22. The van der Waals surface area contributed by atoms with Crippen LogP contribution in [0, 0.1) is 12.8 Å². The van der Waals surface area contributed by atoms with Gasteiger partial charge in [0.25, 0.3) is 0 Å². The number of benzene rings is 1. The van der Waals surface area contributed by atoms with E-state index in [4.69, 9.17) is 9.47 Å². The Labute approximate surface area is 212 Å². The maximum atomic E-state index is 9.80. The van der Waals surface area contributed by atoms with Crippen LogP contribution in [-0.2, 0) is 9.47 Å². The first-order chi connectivity index (χ1) is 16.9. The van der Waals surface area contributed by atoms with Crippen molar-refractivity contribution in [2.45, 2.75) is 51.0 Å². The van der Waals surface area contributed by atoms with Crippen molar-refractivity contribution in [1.82, 2.24) is 14.7 Å². The van der Waals surface area contributed by atoms with E-state index in [2.05, 4.69) is 85.1 Å². The van der Waals surface area contributed by atoms with Gasteiger partial charge in [-0.3, -0.25) is 0 Å². The van der Waals surface area contributed by atoms with E-state index in [1.807, 2.05) is 0 Å². The van der Waals surface area contributed by atoms with Crippen LogP contribution in [0.15, 0.2) is 42.5 Å². The van der Waals surface area contributed by atoms with Crippen molar-refractivity contribution in [3.63, 3.8) is 0 Å². The lowest BCUT2D eigenvalue weighted by Gasteiger charge is -2.43. The van der Waals surface area contributed by atoms with Gasteiger partial charge in [-0.25, -0.2) is 0 Å². The molecule has 2 fully saturated rings. The van der Waals surface area contributed by atoms with Crippen LogP contribution in [0.5, 0.6) is 0 Å². The van der Waals surface area contributed by atoms with Gasteiger partial charge in [0, 0.05) is 51.2 Å². The third-order valence-corrected chi connectivity index (χ3v) is 7.94. The summed E-state index contributed by atoms with van der Waals surface area (Å²) in [5.74, 6) is -0.665. The third kappa shape index (κ3) is 6.62. The largest absolute Gasteiger partial charge is 0.392 e. The fraction of sp³-hybridized carbons (Fsp3) is 0.655. The minimum absolute atomic E-state index is 0.0874. The molecule has 4 rings (SSSR count). The number of ether oxygens (including phenoxy) is 2. The molecule has 35 heavy (non-hydrogen) atoms. The summed E-state index contributed by atoms with van der Waals surface area (Å²) in [5.41, 5.74) is 3.81. The molecule has 1 aliphatic carbocycles. The van der Waals surface area contributed by atoms with Crippen LogP contribution < -0.4 is 0 Å². The predicted molar refractivity (Wildman–Crippen MR) is 142 cm³/mol. The van der Waals surface area contributed by atoms with Gasteiger partial charge in [0.1, 0.15) is 0 Å². The number of nitrogens with zero attached hydrogens (tertiary/aromatic N) is 3. The molecule has 1 N–H and O–H groups in total. The van der Waals surface area contributed by atoms with Gasteiger partial charge in [-0.2, -0.15) is 0 Å². The van der Waals surface area contributed by atoms with E-state index < -0.39 is 5.79 Å². The summed E-state index contributed by atoms with van der Waals surface area (Å²) in [5, 5.41) is 9.80. The topological polar surface area (TPSA) is 48.4 Å². The SMILES string of the molecule is Cc1ccccc1C1=CC=CC(OCCCN2CC(N(C)C)C2)(OCCCN2CC[C@@H](O)C2)C1C. The Morgan fingerprint density at radius 1 is 1.03 bits per heavy atom. The zero-order valence-corrected chi connectivity index (χ0v) is 22.2. The second kappa shape index (κ2) is 12.1. The lowest BCUT2D eigenvalue weighted by molar-refractivity contribution is -0.223. The van der Waals surface area contributed by atoms with Gasteiger partial charge in [-0.15, -0.1) is 0 Å². The zero-order chi connectivity index (χ0) is 24.8. The monoisotopic (exact) mass is 483 g/mol. The van der Waals surface area contributed by atoms with Crippen molar-refractivity contribution < 1.29 is 14.6 Å². The highest BCUT2D eigenvalue weighted by Crippen LogP contribution is 2.40. The molecule has 3 atom stereocenters. The number of hydrogen-bond acceptors (Lipinski definition) is 6. The van der Waals surface area contributed by atoms with Crippen molar-refractivity contribution in [2.75, 3.05) is 66.6 Å². The molecule has 2 aliphatic heterocycles. The number of likely N-dealkylation sites (N-methyl/N-ethyl adjacent to an activating group) is 1.